The molecule has 0 spiro atoms. The molecule has 0 fully saturated rings. The van der Waals surface area contributed by atoms with Crippen LogP contribution in [0.2, 0.25) is 0 Å². The van der Waals surface area contributed by atoms with Crippen molar-refractivity contribution in [1.29, 1.82) is 0 Å². The van der Waals surface area contributed by atoms with Crippen LogP contribution in [0.15, 0.2) is 60.7 Å². The van der Waals surface area contributed by atoms with E-state index in [-0.39, 0.29) is 16.5 Å². The van der Waals surface area contributed by atoms with E-state index in [1.54, 1.807) is 0 Å². The fraction of sp³-hybridized carbons (Fsp3) is 0.227. The summed E-state index contributed by atoms with van der Waals surface area (Å²) in [4.78, 5) is 13.8. The summed E-state index contributed by atoms with van der Waals surface area (Å²) >= 11 is 3.46. The third-order valence-corrected chi connectivity index (χ3v) is 7.57. The molecule has 2 N–H and O–H groups in total. The molecular weight excluding hydrogens is 374 g/mol. The third kappa shape index (κ3) is 3.49. The first-order valence-corrected chi connectivity index (χ1v) is 10.8. The van der Waals surface area contributed by atoms with Gasteiger partial charge in [-0.3, -0.25) is 0 Å². The Morgan fingerprint density at radius 1 is 1.07 bits per heavy atom. The maximum atomic E-state index is 12.6. The highest BCUT2D eigenvalue weighted by molar-refractivity contribution is 8.00. The van der Waals surface area contributed by atoms with E-state index in [9.17, 15) is 4.79 Å². The summed E-state index contributed by atoms with van der Waals surface area (Å²) in [5.41, 5.74) is 10.4. The number of nitrogens with two attached hydrogens (primary N) is 1. The summed E-state index contributed by atoms with van der Waals surface area (Å²) in [5.74, 6) is -0.307. The van der Waals surface area contributed by atoms with Crippen LogP contribution >= 0.6 is 23.1 Å². The normalized spacial score (nSPS) is 18.7. The Kier molecular flexibility index (Phi) is 5.23. The zero-order valence-corrected chi connectivity index (χ0v) is 16.7. The molecule has 0 saturated carbocycles. The van der Waals surface area contributed by atoms with Crippen molar-refractivity contribution < 1.29 is 9.53 Å². The number of rotatable bonds is 4. The minimum atomic E-state index is -0.307. The number of esters is 1. The van der Waals surface area contributed by atoms with Crippen molar-refractivity contribution in [1.82, 2.24) is 0 Å². The lowest BCUT2D eigenvalue weighted by molar-refractivity contribution is 0.0527. The van der Waals surface area contributed by atoms with Crippen LogP contribution in [0, 0.1) is 0 Å². The molecule has 3 aromatic rings. The number of fused-ring (bicyclic) bond motifs is 1. The average Bonchev–Trinajstić information content (AvgIpc) is 3.04. The lowest BCUT2D eigenvalue weighted by Gasteiger charge is -2.30. The van der Waals surface area contributed by atoms with E-state index in [2.05, 4.69) is 48.5 Å². The van der Waals surface area contributed by atoms with Crippen molar-refractivity contribution in [2.75, 3.05) is 12.3 Å². The Morgan fingerprint density at radius 2 is 1.70 bits per heavy atom. The van der Waals surface area contributed by atoms with Crippen molar-refractivity contribution in [3.05, 3.63) is 87.8 Å². The fourth-order valence-corrected chi connectivity index (χ4v) is 6.42. The van der Waals surface area contributed by atoms with Crippen LogP contribution in [0.3, 0.4) is 0 Å². The molecule has 2 heterocycles. The Balaban J connectivity index is 1.83. The molecule has 1 aromatic heterocycles. The van der Waals surface area contributed by atoms with E-state index in [0.29, 0.717) is 17.2 Å². The second-order valence-corrected chi connectivity index (χ2v) is 8.83. The highest BCUT2D eigenvalue weighted by Crippen LogP contribution is 2.55. The molecular formula is C22H21NO2S2. The number of thioether (sulfide) groups is 1. The zero-order valence-electron chi connectivity index (χ0n) is 15.1. The summed E-state index contributed by atoms with van der Waals surface area (Å²) in [5, 5.41) is 0.996. The lowest BCUT2D eigenvalue weighted by atomic mass is 9.97. The maximum Gasteiger partial charge on any atom is 0.341 e. The van der Waals surface area contributed by atoms with Crippen molar-refractivity contribution in [2.24, 2.45) is 0 Å². The van der Waals surface area contributed by atoms with Gasteiger partial charge in [-0.2, -0.15) is 0 Å². The van der Waals surface area contributed by atoms with E-state index < -0.39 is 0 Å². The van der Waals surface area contributed by atoms with Gasteiger partial charge in [0, 0.05) is 10.1 Å². The molecule has 0 aliphatic carbocycles. The molecule has 138 valence electrons. The average molecular weight is 396 g/mol. The van der Waals surface area contributed by atoms with Gasteiger partial charge in [0.05, 0.1) is 17.4 Å². The molecule has 0 saturated heterocycles. The number of thiophene rings is 1. The molecule has 2 atom stereocenters. The Hall–Kier alpha value is -2.24. The molecule has 4 rings (SSSR count). The molecule has 0 unspecified atom stereocenters. The SMILES string of the molecule is CCOC(=O)c1c(N)sc2c1C[C@@H](c1ccccc1)S[C@@H]2c1ccccc1. The molecule has 27 heavy (non-hydrogen) atoms. The minimum absolute atomic E-state index is 0.163. The number of carbonyl (C=O) groups is 1. The first-order valence-electron chi connectivity index (χ1n) is 9.02. The van der Waals surface area contributed by atoms with Crippen molar-refractivity contribution in [2.45, 2.75) is 23.8 Å². The molecule has 0 bridgehead atoms. The summed E-state index contributed by atoms with van der Waals surface area (Å²) in [6, 6.07) is 20.9. The topological polar surface area (TPSA) is 52.3 Å². The monoisotopic (exact) mass is 395 g/mol. The Bertz CT molecular complexity index is 938. The Morgan fingerprint density at radius 3 is 2.33 bits per heavy atom. The van der Waals surface area contributed by atoms with Crippen molar-refractivity contribution >= 4 is 34.1 Å². The van der Waals surface area contributed by atoms with Gasteiger partial charge >= 0.3 is 5.97 Å². The van der Waals surface area contributed by atoms with E-state index in [4.69, 9.17) is 10.5 Å². The van der Waals surface area contributed by atoms with Crippen LogP contribution in [-0.4, -0.2) is 12.6 Å². The van der Waals surface area contributed by atoms with Crippen LogP contribution < -0.4 is 5.73 Å². The number of anilines is 1. The molecule has 1 aliphatic rings. The van der Waals surface area contributed by atoms with Crippen LogP contribution in [0.25, 0.3) is 0 Å². The van der Waals surface area contributed by atoms with Gasteiger partial charge in [0.25, 0.3) is 0 Å². The van der Waals surface area contributed by atoms with Gasteiger partial charge in [-0.25, -0.2) is 4.79 Å². The van der Waals surface area contributed by atoms with Crippen molar-refractivity contribution in [3.8, 4) is 0 Å². The summed E-state index contributed by atoms with van der Waals surface area (Å²) in [6.07, 6.45) is 0.787. The van der Waals surface area contributed by atoms with Gasteiger partial charge in [0.1, 0.15) is 5.00 Å². The molecule has 0 amide bonds. The second kappa shape index (κ2) is 7.79. The lowest BCUT2D eigenvalue weighted by Crippen LogP contribution is -2.15. The standard InChI is InChI=1S/C22H21NO2S2/c1-2-25-22(24)18-16-13-17(14-9-5-3-6-10-14)26-19(20(16)27-21(18)23)15-11-7-4-8-12-15/h3-12,17,19H,2,13,23H2,1H3/t17-,19+/m0/s1. The molecule has 3 nitrogen and oxygen atoms in total. The second-order valence-electron chi connectivity index (χ2n) is 6.43. The molecule has 5 heteroatoms. The molecule has 1 aliphatic heterocycles. The van der Waals surface area contributed by atoms with Crippen LogP contribution in [0.1, 0.15) is 49.3 Å². The summed E-state index contributed by atoms with van der Waals surface area (Å²) in [7, 11) is 0. The van der Waals surface area contributed by atoms with Crippen molar-refractivity contribution in [3.63, 3.8) is 0 Å². The van der Waals surface area contributed by atoms with E-state index in [0.717, 1.165) is 12.0 Å². The van der Waals surface area contributed by atoms with Crippen LogP contribution in [0.4, 0.5) is 5.00 Å². The number of hydrogen-bond donors (Lipinski definition) is 1. The maximum absolute atomic E-state index is 12.6. The minimum Gasteiger partial charge on any atom is -0.462 e. The smallest absolute Gasteiger partial charge is 0.341 e. The van der Waals surface area contributed by atoms with Gasteiger partial charge in [-0.05, 0) is 30.0 Å². The van der Waals surface area contributed by atoms with Gasteiger partial charge < -0.3 is 10.5 Å². The summed E-state index contributed by atoms with van der Waals surface area (Å²) < 4.78 is 5.30. The highest BCUT2D eigenvalue weighted by Gasteiger charge is 2.36. The largest absolute Gasteiger partial charge is 0.462 e. The molecule has 0 radical (unpaired) electrons. The van der Waals surface area contributed by atoms with Gasteiger partial charge in [0.2, 0.25) is 0 Å². The number of hydrogen-bond acceptors (Lipinski definition) is 5. The number of carbonyl (C=O) groups excluding carboxylic acids is 1. The van der Waals surface area contributed by atoms with E-state index in [1.807, 2.05) is 30.8 Å². The van der Waals surface area contributed by atoms with Gasteiger partial charge in [0.15, 0.2) is 0 Å². The first-order chi connectivity index (χ1) is 13.2. The fourth-order valence-electron chi connectivity index (χ4n) is 3.53. The number of benzene rings is 2. The Labute approximate surface area is 167 Å². The first kappa shape index (κ1) is 18.1. The van der Waals surface area contributed by atoms with E-state index in [1.165, 1.54) is 27.3 Å². The van der Waals surface area contributed by atoms with Gasteiger partial charge in [-0.1, -0.05) is 60.7 Å². The van der Waals surface area contributed by atoms with Gasteiger partial charge in [-0.15, -0.1) is 23.1 Å². The van der Waals surface area contributed by atoms with E-state index >= 15 is 0 Å². The molecule has 2 aromatic carbocycles. The predicted molar refractivity (Wildman–Crippen MR) is 113 cm³/mol. The number of ether oxygens (including phenoxy) is 1. The summed E-state index contributed by atoms with van der Waals surface area (Å²) in [6.45, 7) is 2.17. The quantitative estimate of drug-likeness (QED) is 0.582. The number of nitrogen functional groups attached to an aromatic ring is 1. The third-order valence-electron chi connectivity index (χ3n) is 4.75. The van der Waals surface area contributed by atoms with Crippen LogP contribution in [0.5, 0.6) is 0 Å². The van der Waals surface area contributed by atoms with Crippen LogP contribution in [-0.2, 0) is 11.2 Å². The predicted octanol–water partition coefficient (Wildman–Crippen LogP) is 5.63. The zero-order chi connectivity index (χ0) is 18.8. The highest BCUT2D eigenvalue weighted by atomic mass is 32.2.